The molecule has 0 aliphatic heterocycles. The number of nitrogens with one attached hydrogen (secondary N) is 2. The van der Waals surface area contributed by atoms with Gasteiger partial charge in [0.15, 0.2) is 0 Å². The van der Waals surface area contributed by atoms with Gasteiger partial charge in [-0.05, 0) is 11.3 Å². The first-order valence-electron chi connectivity index (χ1n) is 4.83. The van der Waals surface area contributed by atoms with Crippen LogP contribution in [0.3, 0.4) is 0 Å². The van der Waals surface area contributed by atoms with E-state index in [1.165, 1.54) is 0 Å². The molecule has 1 aliphatic carbocycles. The van der Waals surface area contributed by atoms with Gasteiger partial charge < -0.3 is 22.4 Å². The molecule has 15 heavy (non-hydrogen) atoms. The average Bonchev–Trinajstić information content (AvgIpc) is 1.92. The van der Waals surface area contributed by atoms with Crippen LogP contribution in [0.15, 0.2) is 0 Å². The first-order valence-corrected chi connectivity index (χ1v) is 4.83. The second-order valence-electron chi connectivity index (χ2n) is 5.09. The van der Waals surface area contributed by atoms with Crippen molar-refractivity contribution in [2.24, 2.45) is 11.3 Å². The summed E-state index contributed by atoms with van der Waals surface area (Å²) in [6.07, 6.45) is 3.00. The van der Waals surface area contributed by atoms with Crippen LogP contribution in [0.2, 0.25) is 0 Å². The monoisotopic (exact) mass is 399 g/mol. The maximum absolute atomic E-state index is 7.70. The van der Waals surface area contributed by atoms with Crippen LogP contribution < -0.4 is 0 Å². The summed E-state index contributed by atoms with van der Waals surface area (Å²) in [4.78, 5) is 0. The zero-order chi connectivity index (χ0) is 9.35. The van der Waals surface area contributed by atoms with Crippen LogP contribution in [0.4, 0.5) is 0 Å². The second-order valence-corrected chi connectivity index (χ2v) is 5.09. The van der Waals surface area contributed by atoms with Gasteiger partial charge in [0.1, 0.15) is 0 Å². The molecule has 0 amide bonds. The molecule has 1 aliphatic rings. The maximum Gasteiger partial charge on any atom is 2.00 e. The Morgan fingerprint density at radius 1 is 0.933 bits per heavy atom. The minimum atomic E-state index is -0.136. The molecule has 0 radical (unpaired) electrons. The van der Waals surface area contributed by atoms with E-state index >= 15 is 0 Å². The largest absolute Gasteiger partial charge is 2.00 e. The van der Waals surface area contributed by atoms with Crippen molar-refractivity contribution in [1.29, 1.82) is 0 Å². The Balaban J connectivity index is -0.000000480. The smallest absolute Gasteiger partial charge is 0.676 e. The second kappa shape index (κ2) is 7.75. The third-order valence-electron chi connectivity index (χ3n) is 3.08. The van der Waals surface area contributed by atoms with Gasteiger partial charge in [-0.2, -0.15) is 12.1 Å². The van der Waals surface area contributed by atoms with Crippen LogP contribution in [-0.4, -0.2) is 23.0 Å². The molecule has 0 aromatic heterocycles. The predicted molar refractivity (Wildman–Crippen MR) is 60.2 cm³/mol. The summed E-state index contributed by atoms with van der Waals surface area (Å²) in [7, 11) is 0. The Labute approximate surface area is 107 Å². The van der Waals surface area contributed by atoms with Crippen LogP contribution in [-0.2, 0) is 21.1 Å². The Morgan fingerprint density at radius 2 is 1.40 bits per heavy atom. The van der Waals surface area contributed by atoms with Gasteiger partial charge in [-0.3, -0.25) is 0 Å². The fourth-order valence-corrected chi connectivity index (χ4v) is 1.96. The normalized spacial score (nSPS) is 30.6. The fraction of sp³-hybridized carbons (Fsp3) is 1.00. The zero-order valence-electron chi connectivity index (χ0n) is 9.67. The molecular formula is C10H24N2O2Pt. The van der Waals surface area contributed by atoms with Crippen molar-refractivity contribution in [3.8, 4) is 0 Å². The number of rotatable bonds is 0. The van der Waals surface area contributed by atoms with Crippen LogP contribution in [0.5, 0.6) is 0 Å². The minimum Gasteiger partial charge on any atom is -0.676 e. The van der Waals surface area contributed by atoms with Crippen molar-refractivity contribution >= 4 is 0 Å². The molecule has 96 valence electrons. The van der Waals surface area contributed by atoms with Crippen molar-refractivity contribution in [3.05, 3.63) is 11.5 Å². The molecule has 3 unspecified atom stereocenters. The Morgan fingerprint density at radius 3 is 1.73 bits per heavy atom. The topological polar surface area (TPSA) is 111 Å². The minimum absolute atomic E-state index is 0. The quantitative estimate of drug-likeness (QED) is 0.594. The summed E-state index contributed by atoms with van der Waals surface area (Å²) in [5, 5.41) is 0. The summed E-state index contributed by atoms with van der Waals surface area (Å²) in [5.41, 5.74) is 15.6. The first kappa shape index (κ1) is 20.9. The number of hydrogen-bond donors (Lipinski definition) is 0. The third-order valence-corrected chi connectivity index (χ3v) is 3.08. The van der Waals surface area contributed by atoms with Crippen molar-refractivity contribution in [2.45, 2.75) is 52.1 Å². The molecular weight excluding hydrogens is 375 g/mol. The van der Waals surface area contributed by atoms with E-state index in [0.717, 1.165) is 19.3 Å². The molecule has 4 nitrogen and oxygen atoms in total. The Kier molecular flexibility index (Phi) is 10.8. The van der Waals surface area contributed by atoms with E-state index in [2.05, 4.69) is 20.8 Å². The molecule has 0 aromatic carbocycles. The molecule has 1 rings (SSSR count). The molecule has 0 heterocycles. The molecule has 0 bridgehead atoms. The number of hydrogen-bond acceptors (Lipinski definition) is 0. The van der Waals surface area contributed by atoms with Crippen LogP contribution in [0.25, 0.3) is 11.5 Å². The van der Waals surface area contributed by atoms with Gasteiger partial charge in [-0.25, -0.2) is 0 Å². The van der Waals surface area contributed by atoms with Crippen LogP contribution in [0, 0.1) is 11.3 Å². The summed E-state index contributed by atoms with van der Waals surface area (Å²) in [6, 6.07) is -0.258. The molecule has 5 heteroatoms. The fourth-order valence-electron chi connectivity index (χ4n) is 1.96. The van der Waals surface area contributed by atoms with Gasteiger partial charge in [-0.15, -0.1) is 0 Å². The average molecular weight is 399 g/mol. The van der Waals surface area contributed by atoms with Gasteiger partial charge in [0.05, 0.1) is 0 Å². The van der Waals surface area contributed by atoms with Gasteiger partial charge in [-0.1, -0.05) is 40.0 Å². The zero-order valence-corrected chi connectivity index (χ0v) is 11.9. The van der Waals surface area contributed by atoms with Crippen molar-refractivity contribution < 1.29 is 32.0 Å². The van der Waals surface area contributed by atoms with E-state index in [-0.39, 0.29) is 44.1 Å². The van der Waals surface area contributed by atoms with Crippen molar-refractivity contribution in [3.63, 3.8) is 0 Å². The van der Waals surface area contributed by atoms with Crippen molar-refractivity contribution in [2.75, 3.05) is 0 Å². The van der Waals surface area contributed by atoms with E-state index in [4.69, 9.17) is 11.5 Å². The predicted octanol–water partition coefficient (Wildman–Crippen LogP) is 2.02. The van der Waals surface area contributed by atoms with Gasteiger partial charge >= 0.3 is 21.1 Å². The Bertz CT molecular complexity index is 162. The summed E-state index contributed by atoms with van der Waals surface area (Å²) < 4.78 is 0. The SMILES string of the molecule is CC(C)(C)C1CCC([NH-])C([NH-])C1.O.O.[Pt+2]. The molecule has 1 fully saturated rings. The standard InChI is InChI=1S/C10H20N2.2H2O.Pt/c1-10(2,3)7-4-5-8(11)9(12)6-7;;;/h7-9,11-12H,4-6H2,1-3H3;2*1H2;/q-2;;;+2. The van der Waals surface area contributed by atoms with Gasteiger partial charge in [0, 0.05) is 0 Å². The first-order chi connectivity index (χ1) is 5.41. The van der Waals surface area contributed by atoms with E-state index in [9.17, 15) is 0 Å². The third kappa shape index (κ3) is 5.98. The molecule has 1 saturated carbocycles. The molecule has 0 aromatic rings. The maximum atomic E-state index is 7.70. The molecule has 0 saturated heterocycles. The summed E-state index contributed by atoms with van der Waals surface area (Å²) in [6.45, 7) is 6.73. The molecule has 0 spiro atoms. The molecule has 3 atom stereocenters. The Hall–Kier alpha value is 0.528. The summed E-state index contributed by atoms with van der Waals surface area (Å²) >= 11 is 0. The van der Waals surface area contributed by atoms with E-state index in [1.807, 2.05) is 0 Å². The van der Waals surface area contributed by atoms with Gasteiger partial charge in [0.25, 0.3) is 0 Å². The van der Waals surface area contributed by atoms with Crippen molar-refractivity contribution in [1.82, 2.24) is 0 Å². The molecule has 6 N–H and O–H groups in total. The van der Waals surface area contributed by atoms with E-state index in [1.54, 1.807) is 0 Å². The van der Waals surface area contributed by atoms with Crippen LogP contribution >= 0.6 is 0 Å². The van der Waals surface area contributed by atoms with Crippen LogP contribution in [0.1, 0.15) is 40.0 Å². The van der Waals surface area contributed by atoms with Gasteiger partial charge in [0.2, 0.25) is 0 Å². The van der Waals surface area contributed by atoms with E-state index in [0.29, 0.717) is 11.3 Å². The summed E-state index contributed by atoms with van der Waals surface area (Å²) in [5.74, 6) is 0.654. The van der Waals surface area contributed by atoms with E-state index < -0.39 is 0 Å².